The number of thioether (sulfide) groups is 1. The van der Waals surface area contributed by atoms with Gasteiger partial charge in [0.2, 0.25) is 0 Å². The molecule has 98 valence electrons. The first kappa shape index (κ1) is 12.8. The maximum atomic E-state index is 11.2. The highest BCUT2D eigenvalue weighted by molar-refractivity contribution is 7.98. The van der Waals surface area contributed by atoms with Gasteiger partial charge in [-0.3, -0.25) is 4.57 Å². The van der Waals surface area contributed by atoms with E-state index in [9.17, 15) is 4.79 Å². The molecule has 8 nitrogen and oxygen atoms in total. The summed E-state index contributed by atoms with van der Waals surface area (Å²) in [6.07, 6.45) is 2.14. The highest BCUT2D eigenvalue weighted by Gasteiger charge is 2.09. The van der Waals surface area contributed by atoms with E-state index in [0.717, 1.165) is 25.2 Å². The molecule has 2 aromatic heterocycles. The first-order valence-corrected chi connectivity index (χ1v) is 6.70. The Morgan fingerprint density at radius 2 is 2.28 bits per heavy atom. The second kappa shape index (κ2) is 5.80. The number of aryl methyl sites for hydroxylation is 1. The van der Waals surface area contributed by atoms with Crippen molar-refractivity contribution < 1.29 is 0 Å². The fourth-order valence-corrected chi connectivity index (χ4v) is 2.25. The molecule has 0 radical (unpaired) electrons. The van der Waals surface area contributed by atoms with Crippen molar-refractivity contribution in [3.05, 3.63) is 16.3 Å². The lowest BCUT2D eigenvalue weighted by Crippen LogP contribution is -2.13. The van der Waals surface area contributed by atoms with Gasteiger partial charge in [-0.2, -0.15) is 0 Å². The summed E-state index contributed by atoms with van der Waals surface area (Å²) in [5.74, 6) is 1.39. The molecule has 0 aliphatic heterocycles. The molecule has 0 fully saturated rings. The van der Waals surface area contributed by atoms with Crippen LogP contribution in [0.25, 0.3) is 0 Å². The maximum Gasteiger partial charge on any atom is 0.343 e. The third-order valence-corrected chi connectivity index (χ3v) is 3.52. The zero-order valence-electron chi connectivity index (χ0n) is 10.3. The van der Waals surface area contributed by atoms with Crippen molar-refractivity contribution >= 4 is 11.8 Å². The van der Waals surface area contributed by atoms with Gasteiger partial charge in [-0.05, 0) is 16.8 Å². The molecule has 0 aromatic carbocycles. The summed E-state index contributed by atoms with van der Waals surface area (Å²) in [6.45, 7) is 2.94. The highest BCUT2D eigenvalue weighted by Crippen LogP contribution is 2.17. The summed E-state index contributed by atoms with van der Waals surface area (Å²) in [5.41, 5.74) is -0.219. The maximum absolute atomic E-state index is 11.2. The van der Waals surface area contributed by atoms with Crippen LogP contribution in [0, 0.1) is 0 Å². The normalized spacial score (nSPS) is 11.0. The lowest BCUT2D eigenvalue weighted by Gasteiger charge is -2.02. The average Bonchev–Trinajstić information content (AvgIpc) is 2.94. The standard InChI is InChI=1S/C9H15N7OS/c1-3-4-5-16-7(10-13-14-16)6-18-9-12-11-8(17)15(9)2/h3-6H2,1-2H3,(H,11,17). The number of hydrogen-bond donors (Lipinski definition) is 1. The Labute approximate surface area is 108 Å². The Morgan fingerprint density at radius 1 is 1.44 bits per heavy atom. The summed E-state index contributed by atoms with van der Waals surface area (Å²) in [6, 6.07) is 0. The summed E-state index contributed by atoms with van der Waals surface area (Å²) >= 11 is 1.43. The van der Waals surface area contributed by atoms with Crippen LogP contribution in [-0.2, 0) is 19.3 Å². The van der Waals surface area contributed by atoms with Gasteiger partial charge in [0.25, 0.3) is 0 Å². The number of hydrogen-bond acceptors (Lipinski definition) is 6. The fourth-order valence-electron chi connectivity index (χ4n) is 1.40. The summed E-state index contributed by atoms with van der Waals surface area (Å²) in [5, 5.41) is 18.5. The molecule has 2 heterocycles. The fraction of sp³-hybridized carbons (Fsp3) is 0.667. The first-order valence-electron chi connectivity index (χ1n) is 5.71. The Balaban J connectivity index is 2.00. The van der Waals surface area contributed by atoms with Crippen molar-refractivity contribution in [2.75, 3.05) is 0 Å². The average molecular weight is 269 g/mol. The number of aromatic amines is 1. The van der Waals surface area contributed by atoms with Gasteiger partial charge in [-0.25, -0.2) is 14.6 Å². The molecule has 0 unspecified atom stereocenters. The molecule has 0 saturated heterocycles. The minimum Gasteiger partial charge on any atom is -0.273 e. The van der Waals surface area contributed by atoms with Crippen molar-refractivity contribution in [1.82, 2.24) is 35.0 Å². The van der Waals surface area contributed by atoms with Gasteiger partial charge >= 0.3 is 5.69 Å². The summed E-state index contributed by atoms with van der Waals surface area (Å²) < 4.78 is 3.26. The molecule has 0 atom stereocenters. The first-order chi connectivity index (χ1) is 8.72. The van der Waals surface area contributed by atoms with Gasteiger partial charge < -0.3 is 0 Å². The van der Waals surface area contributed by atoms with E-state index in [-0.39, 0.29) is 5.69 Å². The van der Waals surface area contributed by atoms with E-state index < -0.39 is 0 Å². The van der Waals surface area contributed by atoms with Gasteiger partial charge in [0, 0.05) is 13.6 Å². The number of H-pyrrole nitrogens is 1. The number of nitrogens with one attached hydrogen (secondary N) is 1. The van der Waals surface area contributed by atoms with Crippen LogP contribution in [0.4, 0.5) is 0 Å². The number of rotatable bonds is 6. The molecular formula is C9H15N7OS. The van der Waals surface area contributed by atoms with E-state index in [1.807, 2.05) is 0 Å². The molecular weight excluding hydrogens is 254 g/mol. The monoisotopic (exact) mass is 269 g/mol. The number of unbranched alkanes of at least 4 members (excludes halogenated alkanes) is 1. The highest BCUT2D eigenvalue weighted by atomic mass is 32.2. The smallest absolute Gasteiger partial charge is 0.273 e. The molecule has 0 aliphatic carbocycles. The van der Waals surface area contributed by atoms with E-state index >= 15 is 0 Å². The van der Waals surface area contributed by atoms with E-state index in [0.29, 0.717) is 10.9 Å². The topological polar surface area (TPSA) is 94.3 Å². The lowest BCUT2D eigenvalue weighted by atomic mass is 10.3. The van der Waals surface area contributed by atoms with Gasteiger partial charge in [0.15, 0.2) is 11.0 Å². The van der Waals surface area contributed by atoms with Crippen LogP contribution >= 0.6 is 11.8 Å². The molecule has 0 spiro atoms. The molecule has 2 rings (SSSR count). The minimum absolute atomic E-state index is 0.219. The second-order valence-electron chi connectivity index (χ2n) is 3.83. The third kappa shape index (κ3) is 2.78. The molecule has 2 aromatic rings. The van der Waals surface area contributed by atoms with Crippen LogP contribution < -0.4 is 5.69 Å². The zero-order chi connectivity index (χ0) is 13.0. The number of nitrogens with zero attached hydrogens (tertiary/aromatic N) is 6. The van der Waals surface area contributed by atoms with Gasteiger partial charge in [0.1, 0.15) is 0 Å². The Morgan fingerprint density at radius 3 is 2.94 bits per heavy atom. The SMILES string of the molecule is CCCCn1nnnc1CSc1n[nH]c(=O)n1C. The minimum atomic E-state index is -0.219. The van der Waals surface area contributed by atoms with Gasteiger partial charge in [0.05, 0.1) is 5.75 Å². The molecule has 0 bridgehead atoms. The van der Waals surface area contributed by atoms with Crippen molar-refractivity contribution in [3.8, 4) is 0 Å². The Bertz CT molecular complexity index is 557. The lowest BCUT2D eigenvalue weighted by molar-refractivity contribution is 0.540. The second-order valence-corrected chi connectivity index (χ2v) is 4.77. The number of tetrazole rings is 1. The van der Waals surface area contributed by atoms with E-state index in [1.165, 1.54) is 16.3 Å². The molecule has 0 aliphatic rings. The van der Waals surface area contributed by atoms with Crippen LogP contribution in [0.15, 0.2) is 9.95 Å². The van der Waals surface area contributed by atoms with E-state index in [4.69, 9.17) is 0 Å². The molecule has 0 amide bonds. The summed E-state index contributed by atoms with van der Waals surface area (Å²) in [7, 11) is 1.67. The third-order valence-electron chi connectivity index (χ3n) is 2.50. The quantitative estimate of drug-likeness (QED) is 0.752. The van der Waals surface area contributed by atoms with Gasteiger partial charge in [-0.1, -0.05) is 25.1 Å². The molecule has 9 heteroatoms. The number of aromatic nitrogens is 7. The Hall–Kier alpha value is -1.64. The largest absolute Gasteiger partial charge is 0.343 e. The molecule has 18 heavy (non-hydrogen) atoms. The van der Waals surface area contributed by atoms with Crippen LogP contribution in [0.1, 0.15) is 25.6 Å². The van der Waals surface area contributed by atoms with Crippen LogP contribution in [0.2, 0.25) is 0 Å². The van der Waals surface area contributed by atoms with Crippen molar-refractivity contribution in [3.63, 3.8) is 0 Å². The van der Waals surface area contributed by atoms with E-state index in [2.05, 4.69) is 32.6 Å². The van der Waals surface area contributed by atoms with Crippen LogP contribution in [0.5, 0.6) is 0 Å². The molecule has 0 saturated carbocycles. The van der Waals surface area contributed by atoms with Crippen LogP contribution in [0.3, 0.4) is 0 Å². The zero-order valence-corrected chi connectivity index (χ0v) is 11.1. The van der Waals surface area contributed by atoms with Gasteiger partial charge in [-0.15, -0.1) is 10.2 Å². The van der Waals surface area contributed by atoms with Crippen molar-refractivity contribution in [2.45, 2.75) is 37.2 Å². The van der Waals surface area contributed by atoms with E-state index in [1.54, 1.807) is 11.7 Å². The predicted octanol–water partition coefficient (Wildman–Crippen LogP) is 0.187. The molecule has 1 N–H and O–H groups in total. The Kier molecular flexibility index (Phi) is 4.13. The van der Waals surface area contributed by atoms with Crippen molar-refractivity contribution in [1.29, 1.82) is 0 Å². The van der Waals surface area contributed by atoms with Crippen LogP contribution in [-0.4, -0.2) is 35.0 Å². The predicted molar refractivity (Wildman–Crippen MR) is 66.1 cm³/mol. The van der Waals surface area contributed by atoms with Crippen molar-refractivity contribution in [2.24, 2.45) is 7.05 Å². The summed E-state index contributed by atoms with van der Waals surface area (Å²) in [4.78, 5) is 11.2.